The van der Waals surface area contributed by atoms with Crippen LogP contribution in [0.15, 0.2) is 18.3 Å². The molecule has 0 atom stereocenters. The van der Waals surface area contributed by atoms with E-state index >= 15 is 0 Å². The summed E-state index contributed by atoms with van der Waals surface area (Å²) in [6.45, 7) is 6.04. The monoisotopic (exact) mass is 237 g/mol. The molecule has 0 spiro atoms. The summed E-state index contributed by atoms with van der Waals surface area (Å²) < 4.78 is 10.9. The molecular formula is C12H19N3O2. The molecule has 0 unspecified atom stereocenters. The van der Waals surface area contributed by atoms with Gasteiger partial charge in [0.05, 0.1) is 19.8 Å². The van der Waals surface area contributed by atoms with E-state index in [1.807, 2.05) is 12.1 Å². The average Bonchev–Trinajstić information content (AvgIpc) is 2.39. The second-order valence-electron chi connectivity index (χ2n) is 3.91. The summed E-state index contributed by atoms with van der Waals surface area (Å²) in [6, 6.07) is 3.82. The van der Waals surface area contributed by atoms with Crippen LogP contribution in [0.25, 0.3) is 0 Å². The first-order valence-corrected chi connectivity index (χ1v) is 6.07. The zero-order chi connectivity index (χ0) is 11.9. The quantitative estimate of drug-likeness (QED) is 0.841. The van der Waals surface area contributed by atoms with Gasteiger partial charge in [-0.2, -0.15) is 0 Å². The highest BCUT2D eigenvalue weighted by Gasteiger charge is 2.12. The van der Waals surface area contributed by atoms with Gasteiger partial charge in [0.25, 0.3) is 0 Å². The predicted molar refractivity (Wildman–Crippen MR) is 66.0 cm³/mol. The number of hydrazine groups is 1. The highest BCUT2D eigenvalue weighted by molar-refractivity contribution is 5.48. The van der Waals surface area contributed by atoms with E-state index in [1.165, 1.54) is 0 Å². The maximum atomic E-state index is 5.64. The number of ether oxygens (including phenoxy) is 2. The SMILES string of the molecule is CCCOc1cccnc1NN1CCOCC1. The van der Waals surface area contributed by atoms with Crippen LogP contribution >= 0.6 is 0 Å². The van der Waals surface area contributed by atoms with Crippen molar-refractivity contribution < 1.29 is 9.47 Å². The molecule has 17 heavy (non-hydrogen) atoms. The van der Waals surface area contributed by atoms with Gasteiger partial charge in [-0.15, -0.1) is 0 Å². The van der Waals surface area contributed by atoms with Crippen molar-refractivity contribution in [1.29, 1.82) is 0 Å². The van der Waals surface area contributed by atoms with Crippen molar-refractivity contribution in [2.45, 2.75) is 13.3 Å². The molecule has 5 nitrogen and oxygen atoms in total. The number of anilines is 1. The van der Waals surface area contributed by atoms with Gasteiger partial charge in [0.1, 0.15) is 0 Å². The largest absolute Gasteiger partial charge is 0.490 e. The summed E-state index contributed by atoms with van der Waals surface area (Å²) in [6.07, 6.45) is 2.76. The minimum Gasteiger partial charge on any atom is -0.490 e. The van der Waals surface area contributed by atoms with Crippen LogP contribution in [-0.2, 0) is 4.74 Å². The molecule has 0 bridgehead atoms. The molecule has 2 heterocycles. The second-order valence-corrected chi connectivity index (χ2v) is 3.91. The van der Waals surface area contributed by atoms with Gasteiger partial charge >= 0.3 is 0 Å². The lowest BCUT2D eigenvalue weighted by Crippen LogP contribution is -2.40. The van der Waals surface area contributed by atoms with Crippen molar-refractivity contribution in [2.24, 2.45) is 0 Å². The molecular weight excluding hydrogens is 218 g/mol. The number of pyridine rings is 1. The molecule has 1 fully saturated rings. The van der Waals surface area contributed by atoms with Crippen LogP contribution in [0.5, 0.6) is 5.75 Å². The van der Waals surface area contributed by atoms with E-state index in [4.69, 9.17) is 9.47 Å². The smallest absolute Gasteiger partial charge is 0.183 e. The fraction of sp³-hybridized carbons (Fsp3) is 0.583. The Kier molecular flexibility index (Phi) is 4.58. The molecule has 2 rings (SSSR count). The van der Waals surface area contributed by atoms with Crippen LogP contribution < -0.4 is 10.2 Å². The van der Waals surface area contributed by atoms with Crippen LogP contribution in [0.3, 0.4) is 0 Å². The summed E-state index contributed by atoms with van der Waals surface area (Å²) in [5.74, 6) is 1.59. The number of aromatic nitrogens is 1. The van der Waals surface area contributed by atoms with Crippen molar-refractivity contribution in [1.82, 2.24) is 9.99 Å². The minimum absolute atomic E-state index is 0.712. The standard InChI is InChI=1S/C12H19N3O2/c1-2-8-17-11-4-3-5-13-12(11)14-15-6-9-16-10-7-15/h3-5H,2,6-10H2,1H3,(H,13,14). The summed E-state index contributed by atoms with van der Waals surface area (Å²) >= 11 is 0. The molecule has 94 valence electrons. The lowest BCUT2D eigenvalue weighted by molar-refractivity contribution is 0.0493. The molecule has 0 radical (unpaired) electrons. The van der Waals surface area contributed by atoms with E-state index in [0.717, 1.165) is 44.3 Å². The fourth-order valence-electron chi connectivity index (χ4n) is 1.63. The molecule has 1 aliphatic rings. The van der Waals surface area contributed by atoms with Crippen LogP contribution in [-0.4, -0.2) is 42.9 Å². The first kappa shape index (κ1) is 12.1. The molecule has 1 aromatic heterocycles. The number of nitrogens with zero attached hydrogens (tertiary/aromatic N) is 2. The van der Waals surface area contributed by atoms with E-state index in [1.54, 1.807) is 6.20 Å². The Balaban J connectivity index is 1.98. The summed E-state index contributed by atoms with van der Waals surface area (Å²) in [5, 5.41) is 2.10. The van der Waals surface area contributed by atoms with Gasteiger partial charge < -0.3 is 9.47 Å². The van der Waals surface area contributed by atoms with Crippen molar-refractivity contribution in [3.8, 4) is 5.75 Å². The normalized spacial score (nSPS) is 16.8. The Morgan fingerprint density at radius 2 is 2.29 bits per heavy atom. The predicted octanol–water partition coefficient (Wildman–Crippen LogP) is 1.53. The Hall–Kier alpha value is -1.33. The molecule has 0 aliphatic carbocycles. The van der Waals surface area contributed by atoms with Gasteiger partial charge in [-0.1, -0.05) is 6.92 Å². The lowest BCUT2D eigenvalue weighted by atomic mass is 10.4. The van der Waals surface area contributed by atoms with Gasteiger partial charge in [0.2, 0.25) is 0 Å². The number of rotatable bonds is 5. The Morgan fingerprint density at radius 3 is 3.06 bits per heavy atom. The Bertz CT molecular complexity index is 340. The summed E-state index contributed by atoms with van der Waals surface area (Å²) in [4.78, 5) is 4.31. The van der Waals surface area contributed by atoms with Crippen molar-refractivity contribution >= 4 is 5.82 Å². The van der Waals surface area contributed by atoms with Gasteiger partial charge in [0.15, 0.2) is 11.6 Å². The van der Waals surface area contributed by atoms with Crippen molar-refractivity contribution in [3.05, 3.63) is 18.3 Å². The molecule has 0 aromatic carbocycles. The van der Waals surface area contributed by atoms with Gasteiger partial charge in [0, 0.05) is 19.3 Å². The maximum absolute atomic E-state index is 5.64. The average molecular weight is 237 g/mol. The van der Waals surface area contributed by atoms with E-state index < -0.39 is 0 Å². The van der Waals surface area contributed by atoms with Crippen LogP contribution in [0.2, 0.25) is 0 Å². The van der Waals surface area contributed by atoms with E-state index in [0.29, 0.717) is 6.61 Å². The number of morpholine rings is 1. The van der Waals surface area contributed by atoms with Crippen LogP contribution in [0, 0.1) is 0 Å². The minimum atomic E-state index is 0.712. The summed E-state index contributed by atoms with van der Waals surface area (Å²) in [7, 11) is 0. The Labute approximate surface area is 102 Å². The number of hydrogen-bond acceptors (Lipinski definition) is 5. The van der Waals surface area contributed by atoms with E-state index in [2.05, 4.69) is 22.3 Å². The van der Waals surface area contributed by atoms with Crippen LogP contribution in [0.1, 0.15) is 13.3 Å². The first-order chi connectivity index (χ1) is 8.40. The van der Waals surface area contributed by atoms with Gasteiger partial charge in [-0.05, 0) is 18.6 Å². The first-order valence-electron chi connectivity index (χ1n) is 6.07. The van der Waals surface area contributed by atoms with Crippen molar-refractivity contribution in [2.75, 3.05) is 38.3 Å². The third-order valence-electron chi connectivity index (χ3n) is 2.51. The molecule has 1 aliphatic heterocycles. The maximum Gasteiger partial charge on any atom is 0.183 e. The molecule has 1 saturated heterocycles. The topological polar surface area (TPSA) is 46.6 Å². The highest BCUT2D eigenvalue weighted by atomic mass is 16.5. The highest BCUT2D eigenvalue weighted by Crippen LogP contribution is 2.21. The number of nitrogens with one attached hydrogen (secondary N) is 1. The van der Waals surface area contributed by atoms with Crippen LogP contribution in [0.4, 0.5) is 5.82 Å². The molecule has 0 amide bonds. The van der Waals surface area contributed by atoms with Gasteiger partial charge in [-0.3, -0.25) is 5.43 Å². The summed E-state index contributed by atoms with van der Waals surface area (Å²) in [5.41, 5.74) is 3.28. The molecule has 1 aromatic rings. The van der Waals surface area contributed by atoms with Gasteiger partial charge in [-0.25, -0.2) is 9.99 Å². The molecule has 5 heteroatoms. The van der Waals surface area contributed by atoms with E-state index in [9.17, 15) is 0 Å². The zero-order valence-electron chi connectivity index (χ0n) is 10.2. The van der Waals surface area contributed by atoms with E-state index in [-0.39, 0.29) is 0 Å². The third-order valence-corrected chi connectivity index (χ3v) is 2.51. The lowest BCUT2D eigenvalue weighted by Gasteiger charge is -2.28. The fourth-order valence-corrected chi connectivity index (χ4v) is 1.63. The molecule has 1 N–H and O–H groups in total. The number of hydrogen-bond donors (Lipinski definition) is 1. The zero-order valence-corrected chi connectivity index (χ0v) is 10.2. The third kappa shape index (κ3) is 3.57. The molecule has 0 saturated carbocycles. The van der Waals surface area contributed by atoms with Crippen molar-refractivity contribution in [3.63, 3.8) is 0 Å². The Morgan fingerprint density at radius 1 is 1.47 bits per heavy atom. The second kappa shape index (κ2) is 6.42.